The standard InChI is InChI=1S/C21H23ClN4O2.ClH/c1-14(23)15-8-10-25(11-9-15)21(27)18-13-19(20-3-2-12-28-20)26(24-18)17-6-4-16(22)5-7-17;/h2-7,12-15H,8-11,23H2,1H3;1H. The third-order valence-electron chi connectivity index (χ3n) is 5.34. The van der Waals surface area contributed by atoms with Crippen molar-refractivity contribution in [2.45, 2.75) is 25.8 Å². The minimum Gasteiger partial charge on any atom is -0.463 e. The Hall–Kier alpha value is -2.28. The Labute approximate surface area is 181 Å². The van der Waals surface area contributed by atoms with Crippen LogP contribution in [0.25, 0.3) is 17.1 Å². The zero-order chi connectivity index (χ0) is 19.7. The Balaban J connectivity index is 0.00000240. The van der Waals surface area contributed by atoms with Crippen molar-refractivity contribution >= 4 is 29.9 Å². The third-order valence-corrected chi connectivity index (χ3v) is 5.60. The van der Waals surface area contributed by atoms with Gasteiger partial charge in [0.25, 0.3) is 5.91 Å². The lowest BCUT2D eigenvalue weighted by molar-refractivity contribution is 0.0674. The zero-order valence-corrected chi connectivity index (χ0v) is 17.7. The predicted molar refractivity (Wildman–Crippen MR) is 116 cm³/mol. The maximum Gasteiger partial charge on any atom is 0.274 e. The number of carbonyl (C=O) groups excluding carboxylic acids is 1. The molecule has 3 aromatic rings. The number of piperidine rings is 1. The molecule has 3 heterocycles. The molecule has 0 radical (unpaired) electrons. The summed E-state index contributed by atoms with van der Waals surface area (Å²) in [4.78, 5) is 14.9. The fourth-order valence-electron chi connectivity index (χ4n) is 3.65. The molecule has 154 valence electrons. The zero-order valence-electron chi connectivity index (χ0n) is 16.1. The molecule has 1 unspecified atom stereocenters. The van der Waals surface area contributed by atoms with Crippen molar-refractivity contribution in [1.82, 2.24) is 14.7 Å². The summed E-state index contributed by atoms with van der Waals surface area (Å²) in [6, 6.07) is 12.9. The number of rotatable bonds is 4. The van der Waals surface area contributed by atoms with E-state index in [0.29, 0.717) is 35.5 Å². The lowest BCUT2D eigenvalue weighted by atomic mass is 9.91. The molecule has 4 rings (SSSR count). The Kier molecular flexibility index (Phi) is 6.67. The molecule has 0 saturated carbocycles. The van der Waals surface area contributed by atoms with Gasteiger partial charge in [0.05, 0.1) is 12.0 Å². The van der Waals surface area contributed by atoms with Crippen molar-refractivity contribution in [2.75, 3.05) is 13.1 Å². The number of likely N-dealkylation sites (tertiary alicyclic amines) is 1. The van der Waals surface area contributed by atoms with Crippen LogP contribution in [0.15, 0.2) is 53.1 Å². The second kappa shape index (κ2) is 9.03. The van der Waals surface area contributed by atoms with Gasteiger partial charge in [-0.25, -0.2) is 4.68 Å². The van der Waals surface area contributed by atoms with Gasteiger partial charge in [0.2, 0.25) is 0 Å². The Morgan fingerprint density at radius 3 is 2.52 bits per heavy atom. The molecule has 2 aromatic heterocycles. The Morgan fingerprint density at radius 1 is 1.24 bits per heavy atom. The predicted octanol–water partition coefficient (Wildman–Crippen LogP) is 4.41. The van der Waals surface area contributed by atoms with Gasteiger partial charge in [-0.2, -0.15) is 5.10 Å². The largest absolute Gasteiger partial charge is 0.463 e. The Bertz CT molecular complexity index is 944. The van der Waals surface area contributed by atoms with Gasteiger partial charge in [-0.3, -0.25) is 4.79 Å². The van der Waals surface area contributed by atoms with E-state index in [1.54, 1.807) is 29.1 Å². The number of halogens is 2. The summed E-state index contributed by atoms with van der Waals surface area (Å²) in [5.74, 6) is 1.05. The molecule has 0 aliphatic carbocycles. The number of nitrogens with zero attached hydrogens (tertiary/aromatic N) is 3. The highest BCUT2D eigenvalue weighted by Crippen LogP contribution is 2.27. The summed E-state index contributed by atoms with van der Waals surface area (Å²) in [7, 11) is 0. The molecule has 29 heavy (non-hydrogen) atoms. The van der Waals surface area contributed by atoms with E-state index in [-0.39, 0.29) is 24.4 Å². The number of benzene rings is 1. The van der Waals surface area contributed by atoms with E-state index in [0.717, 1.165) is 24.2 Å². The molecular formula is C21H24Cl2N4O2. The number of aromatic nitrogens is 2. The summed E-state index contributed by atoms with van der Waals surface area (Å²) in [5, 5.41) is 5.24. The van der Waals surface area contributed by atoms with Crippen molar-refractivity contribution < 1.29 is 9.21 Å². The van der Waals surface area contributed by atoms with Gasteiger partial charge < -0.3 is 15.1 Å². The highest BCUT2D eigenvalue weighted by Gasteiger charge is 2.28. The quantitative estimate of drug-likeness (QED) is 0.659. The first-order valence-electron chi connectivity index (χ1n) is 9.47. The van der Waals surface area contributed by atoms with E-state index in [1.807, 2.05) is 36.1 Å². The van der Waals surface area contributed by atoms with Crippen LogP contribution in [-0.2, 0) is 0 Å². The smallest absolute Gasteiger partial charge is 0.274 e. The minimum atomic E-state index is -0.0661. The number of amides is 1. The molecule has 1 saturated heterocycles. The van der Waals surface area contributed by atoms with E-state index in [2.05, 4.69) is 5.10 Å². The second-order valence-corrected chi connectivity index (χ2v) is 7.71. The molecule has 1 aliphatic heterocycles. The van der Waals surface area contributed by atoms with E-state index in [4.69, 9.17) is 21.8 Å². The number of hydrogen-bond donors (Lipinski definition) is 1. The van der Waals surface area contributed by atoms with Crippen molar-refractivity contribution in [1.29, 1.82) is 0 Å². The van der Waals surface area contributed by atoms with Crippen molar-refractivity contribution in [2.24, 2.45) is 11.7 Å². The van der Waals surface area contributed by atoms with Crippen LogP contribution in [0.4, 0.5) is 0 Å². The van der Waals surface area contributed by atoms with E-state index in [9.17, 15) is 4.79 Å². The normalized spacial score (nSPS) is 15.8. The van der Waals surface area contributed by atoms with Crippen LogP contribution in [0.1, 0.15) is 30.3 Å². The van der Waals surface area contributed by atoms with Crippen molar-refractivity contribution in [3.8, 4) is 17.1 Å². The molecular weight excluding hydrogens is 411 g/mol. The molecule has 1 aromatic carbocycles. The van der Waals surface area contributed by atoms with Gasteiger partial charge in [0, 0.05) is 30.2 Å². The lowest BCUT2D eigenvalue weighted by Gasteiger charge is -2.33. The first kappa shape index (κ1) is 21.4. The molecule has 1 atom stereocenters. The Morgan fingerprint density at radius 2 is 1.93 bits per heavy atom. The molecule has 6 nitrogen and oxygen atoms in total. The summed E-state index contributed by atoms with van der Waals surface area (Å²) in [6.07, 6.45) is 3.45. The number of furan rings is 1. The topological polar surface area (TPSA) is 77.3 Å². The van der Waals surface area contributed by atoms with Crippen LogP contribution in [0.3, 0.4) is 0 Å². The van der Waals surface area contributed by atoms with Crippen LogP contribution in [-0.4, -0.2) is 39.7 Å². The first-order chi connectivity index (χ1) is 13.5. The maximum atomic E-state index is 13.1. The fraction of sp³-hybridized carbons (Fsp3) is 0.333. The van der Waals surface area contributed by atoms with Gasteiger partial charge in [0.15, 0.2) is 11.5 Å². The summed E-state index contributed by atoms with van der Waals surface area (Å²) < 4.78 is 7.28. The molecule has 8 heteroatoms. The number of carbonyl (C=O) groups is 1. The van der Waals surface area contributed by atoms with Gasteiger partial charge in [-0.15, -0.1) is 12.4 Å². The van der Waals surface area contributed by atoms with E-state index >= 15 is 0 Å². The van der Waals surface area contributed by atoms with Gasteiger partial charge in [-0.05, 0) is 62.1 Å². The maximum absolute atomic E-state index is 13.1. The molecule has 2 N–H and O–H groups in total. The van der Waals surface area contributed by atoms with Crippen LogP contribution in [0.5, 0.6) is 0 Å². The highest BCUT2D eigenvalue weighted by molar-refractivity contribution is 6.30. The van der Waals surface area contributed by atoms with Gasteiger partial charge in [0.1, 0.15) is 5.69 Å². The lowest BCUT2D eigenvalue weighted by Crippen LogP contribution is -2.42. The second-order valence-electron chi connectivity index (χ2n) is 7.27. The average molecular weight is 435 g/mol. The van der Waals surface area contributed by atoms with E-state index in [1.165, 1.54) is 0 Å². The SMILES string of the molecule is CC(N)C1CCN(C(=O)c2cc(-c3ccco3)n(-c3ccc(Cl)cc3)n2)CC1.Cl. The summed E-state index contributed by atoms with van der Waals surface area (Å²) in [5.41, 5.74) is 7.95. The molecule has 1 aliphatic rings. The van der Waals surface area contributed by atoms with Crippen molar-refractivity contribution in [3.05, 3.63) is 59.4 Å². The monoisotopic (exact) mass is 434 g/mol. The number of hydrogen-bond acceptors (Lipinski definition) is 4. The molecule has 1 amide bonds. The third kappa shape index (κ3) is 4.50. The van der Waals surface area contributed by atoms with Crippen molar-refractivity contribution in [3.63, 3.8) is 0 Å². The fourth-order valence-corrected chi connectivity index (χ4v) is 3.78. The molecule has 1 fully saturated rings. The van der Waals surface area contributed by atoms with Crippen LogP contribution >= 0.6 is 24.0 Å². The minimum absolute atomic E-state index is 0. The first-order valence-corrected chi connectivity index (χ1v) is 9.85. The van der Waals surface area contributed by atoms with Gasteiger partial charge in [-0.1, -0.05) is 11.6 Å². The summed E-state index contributed by atoms with van der Waals surface area (Å²) >= 11 is 6.01. The van der Waals surface area contributed by atoms with Gasteiger partial charge >= 0.3 is 0 Å². The van der Waals surface area contributed by atoms with Crippen LogP contribution in [0, 0.1) is 5.92 Å². The van der Waals surface area contributed by atoms with E-state index < -0.39 is 0 Å². The molecule has 0 bridgehead atoms. The average Bonchev–Trinajstić information content (AvgIpc) is 3.38. The highest BCUT2D eigenvalue weighted by atomic mass is 35.5. The summed E-state index contributed by atoms with van der Waals surface area (Å²) in [6.45, 7) is 3.44. The molecule has 0 spiro atoms. The van der Waals surface area contributed by atoms with Crippen LogP contribution in [0.2, 0.25) is 5.02 Å². The number of nitrogens with two attached hydrogens (primary N) is 1. The van der Waals surface area contributed by atoms with Crippen LogP contribution < -0.4 is 5.73 Å².